The van der Waals surface area contributed by atoms with E-state index in [4.69, 9.17) is 9.47 Å². The third-order valence-electron chi connectivity index (χ3n) is 7.01. The Bertz CT molecular complexity index is 1120. The van der Waals surface area contributed by atoms with Crippen LogP contribution in [0.5, 0.6) is 5.75 Å². The fourth-order valence-electron chi connectivity index (χ4n) is 5.17. The lowest BCUT2D eigenvalue weighted by Crippen LogP contribution is -2.31. The molecule has 0 saturated carbocycles. The molecule has 1 saturated heterocycles. The maximum atomic E-state index is 6.38. The predicted octanol–water partition coefficient (Wildman–Crippen LogP) is 7.01. The third-order valence-corrected chi connectivity index (χ3v) is 7.75. The Morgan fingerprint density at radius 3 is 2.65 bits per heavy atom. The van der Waals surface area contributed by atoms with E-state index < -0.39 is 0 Å². The first-order chi connectivity index (χ1) is 16.6. The van der Waals surface area contributed by atoms with Gasteiger partial charge in [-0.3, -0.25) is 4.90 Å². The summed E-state index contributed by atoms with van der Waals surface area (Å²) in [6, 6.07) is 22.0. The lowest BCUT2D eigenvalue weighted by Gasteiger charge is -2.27. The van der Waals surface area contributed by atoms with Gasteiger partial charge in [0.2, 0.25) is 0 Å². The molecule has 2 aliphatic rings. The fraction of sp³-hybridized carbons (Fsp3) is 0.400. The van der Waals surface area contributed by atoms with Gasteiger partial charge in [0.1, 0.15) is 12.4 Å². The number of benzene rings is 3. The molecule has 3 aromatic rings. The van der Waals surface area contributed by atoms with Gasteiger partial charge in [-0.15, -0.1) is 0 Å². The van der Waals surface area contributed by atoms with Crippen molar-refractivity contribution in [2.24, 2.45) is 0 Å². The summed E-state index contributed by atoms with van der Waals surface area (Å²) in [7, 11) is 0. The highest BCUT2D eigenvalue weighted by atomic mass is 79.9. The van der Waals surface area contributed by atoms with Crippen LogP contribution in [0, 0.1) is 6.92 Å². The fourth-order valence-corrected chi connectivity index (χ4v) is 5.79. The Hall–Kier alpha value is -2.14. The first-order valence-corrected chi connectivity index (χ1v) is 13.3. The summed E-state index contributed by atoms with van der Waals surface area (Å²) in [6.45, 7) is 6.26. The summed E-state index contributed by atoms with van der Waals surface area (Å²) < 4.78 is 13.5. The zero-order chi connectivity index (χ0) is 23.3. The number of halogens is 1. The second-order valence-corrected chi connectivity index (χ2v) is 10.6. The van der Waals surface area contributed by atoms with E-state index in [1.807, 2.05) is 0 Å². The molecule has 5 rings (SSSR count). The smallest absolute Gasteiger partial charge is 0.124 e. The van der Waals surface area contributed by atoms with Crippen molar-refractivity contribution < 1.29 is 9.47 Å². The first kappa shape index (κ1) is 23.6. The average molecular weight is 521 g/mol. The van der Waals surface area contributed by atoms with Gasteiger partial charge in [-0.1, -0.05) is 64.5 Å². The summed E-state index contributed by atoms with van der Waals surface area (Å²) in [5.74, 6) is 0.975. The Labute approximate surface area is 212 Å². The molecule has 0 radical (unpaired) electrons. The zero-order valence-corrected chi connectivity index (χ0v) is 21.6. The highest BCUT2D eigenvalue weighted by molar-refractivity contribution is 9.10. The molecule has 3 aromatic carbocycles. The van der Waals surface area contributed by atoms with Crippen molar-refractivity contribution in [3.63, 3.8) is 0 Å². The molecule has 1 aliphatic heterocycles. The van der Waals surface area contributed by atoms with Crippen molar-refractivity contribution in [1.82, 2.24) is 4.90 Å². The maximum absolute atomic E-state index is 6.38. The molecule has 1 aliphatic carbocycles. The number of ether oxygens (including phenoxy) is 2. The number of nitrogens with zero attached hydrogens (tertiary/aromatic N) is 1. The molecule has 0 bridgehead atoms. The van der Waals surface area contributed by atoms with E-state index >= 15 is 0 Å². The summed E-state index contributed by atoms with van der Waals surface area (Å²) in [6.07, 6.45) is 6.31. The summed E-state index contributed by atoms with van der Waals surface area (Å²) in [5, 5.41) is 0. The molecule has 3 nitrogen and oxygen atoms in total. The number of para-hydroxylation sites is 1. The van der Waals surface area contributed by atoms with E-state index in [1.54, 1.807) is 0 Å². The summed E-state index contributed by atoms with van der Waals surface area (Å²) >= 11 is 3.78. The molecule has 0 aromatic heterocycles. The minimum absolute atomic E-state index is 0.309. The molecule has 1 heterocycles. The van der Waals surface area contributed by atoms with Gasteiger partial charge in [0.15, 0.2) is 0 Å². The number of fused-ring (bicyclic) bond motifs is 1. The number of rotatable bonds is 9. The van der Waals surface area contributed by atoms with Crippen LogP contribution in [0.15, 0.2) is 65.1 Å². The summed E-state index contributed by atoms with van der Waals surface area (Å²) in [5.41, 5.74) is 8.07. The predicted molar refractivity (Wildman–Crippen MR) is 141 cm³/mol. The molecule has 4 heteroatoms. The second kappa shape index (κ2) is 11.1. The van der Waals surface area contributed by atoms with Crippen LogP contribution in [0.25, 0.3) is 0 Å². The van der Waals surface area contributed by atoms with E-state index in [0.29, 0.717) is 12.7 Å². The topological polar surface area (TPSA) is 21.7 Å². The van der Waals surface area contributed by atoms with Gasteiger partial charge in [-0.2, -0.15) is 0 Å². The van der Waals surface area contributed by atoms with Gasteiger partial charge in [-0.25, -0.2) is 0 Å². The van der Waals surface area contributed by atoms with Crippen LogP contribution in [0.2, 0.25) is 0 Å². The van der Waals surface area contributed by atoms with E-state index in [2.05, 4.69) is 88.4 Å². The molecular formula is C30H34BrNO2. The van der Waals surface area contributed by atoms with Crippen LogP contribution in [0.3, 0.4) is 0 Å². The second-order valence-electron chi connectivity index (χ2n) is 9.75. The van der Waals surface area contributed by atoms with Crippen LogP contribution in [0.4, 0.5) is 0 Å². The van der Waals surface area contributed by atoms with E-state index in [1.165, 1.54) is 57.1 Å². The Kier molecular flexibility index (Phi) is 7.68. The van der Waals surface area contributed by atoms with Crippen molar-refractivity contribution in [3.05, 3.63) is 98.5 Å². The lowest BCUT2D eigenvalue weighted by molar-refractivity contribution is 0.0674. The van der Waals surface area contributed by atoms with Gasteiger partial charge in [0, 0.05) is 36.3 Å². The number of hydrogen-bond donors (Lipinski definition) is 0. The monoisotopic (exact) mass is 519 g/mol. The molecule has 1 unspecified atom stereocenters. The normalized spacial score (nSPS) is 17.3. The van der Waals surface area contributed by atoms with Crippen molar-refractivity contribution in [1.29, 1.82) is 0 Å². The van der Waals surface area contributed by atoms with Crippen molar-refractivity contribution in [2.45, 2.75) is 64.8 Å². The van der Waals surface area contributed by atoms with Crippen LogP contribution >= 0.6 is 15.9 Å². The van der Waals surface area contributed by atoms with Crippen molar-refractivity contribution in [3.8, 4) is 5.75 Å². The lowest BCUT2D eigenvalue weighted by atomic mass is 10.1. The molecule has 34 heavy (non-hydrogen) atoms. The minimum atomic E-state index is 0.309. The molecule has 1 atom stereocenters. The van der Waals surface area contributed by atoms with Gasteiger partial charge < -0.3 is 9.47 Å². The summed E-state index contributed by atoms with van der Waals surface area (Å²) in [4.78, 5) is 2.50. The van der Waals surface area contributed by atoms with E-state index in [0.717, 1.165) is 44.8 Å². The largest absolute Gasteiger partial charge is 0.489 e. The maximum Gasteiger partial charge on any atom is 0.124 e. The third kappa shape index (κ3) is 5.91. The Balaban J connectivity index is 1.31. The van der Waals surface area contributed by atoms with E-state index in [-0.39, 0.29) is 0 Å². The highest BCUT2D eigenvalue weighted by Gasteiger charge is 2.21. The minimum Gasteiger partial charge on any atom is -0.489 e. The average Bonchev–Trinajstić information content (AvgIpc) is 3.52. The van der Waals surface area contributed by atoms with Crippen LogP contribution in [-0.4, -0.2) is 24.2 Å². The van der Waals surface area contributed by atoms with Crippen LogP contribution < -0.4 is 4.74 Å². The SMILES string of the molecule is Cc1ccc(CN(Cc2ccccc2OCc2ccc3c(c2)CCC3)CC2CCCO2)c(Br)c1. The molecule has 178 valence electrons. The highest BCUT2D eigenvalue weighted by Crippen LogP contribution is 2.27. The van der Waals surface area contributed by atoms with Gasteiger partial charge in [0.25, 0.3) is 0 Å². The number of aryl methyl sites for hydroxylation is 3. The Morgan fingerprint density at radius 1 is 0.941 bits per heavy atom. The van der Waals surface area contributed by atoms with Crippen molar-refractivity contribution in [2.75, 3.05) is 13.2 Å². The molecular weight excluding hydrogens is 486 g/mol. The van der Waals surface area contributed by atoms with Gasteiger partial charge >= 0.3 is 0 Å². The molecule has 0 amide bonds. The standard InChI is InChI=1S/C30H34BrNO2/c1-22-11-13-26(29(31)16-22)18-32(20-28-9-5-15-33-28)19-27-6-2-3-10-30(27)34-21-23-12-14-24-7-4-8-25(24)17-23/h2-3,6,10-14,16-17,28H,4-5,7-9,15,18-21H2,1H3. The molecule has 0 N–H and O–H groups in total. The number of hydrogen-bond acceptors (Lipinski definition) is 3. The van der Waals surface area contributed by atoms with Crippen LogP contribution in [-0.2, 0) is 37.3 Å². The first-order valence-electron chi connectivity index (χ1n) is 12.5. The van der Waals surface area contributed by atoms with Gasteiger partial charge in [-0.05, 0) is 79.0 Å². The molecule has 1 fully saturated rings. The van der Waals surface area contributed by atoms with Crippen molar-refractivity contribution >= 4 is 15.9 Å². The van der Waals surface area contributed by atoms with Crippen LogP contribution in [0.1, 0.15) is 52.6 Å². The van der Waals surface area contributed by atoms with Gasteiger partial charge in [0.05, 0.1) is 6.10 Å². The quantitative estimate of drug-likeness (QED) is 0.303. The van der Waals surface area contributed by atoms with E-state index in [9.17, 15) is 0 Å². The zero-order valence-electron chi connectivity index (χ0n) is 20.1. The Morgan fingerprint density at radius 2 is 1.79 bits per heavy atom. The molecule has 0 spiro atoms.